The third-order valence-corrected chi connectivity index (χ3v) is 3.46. The summed E-state index contributed by atoms with van der Waals surface area (Å²) in [6, 6.07) is 9.14. The van der Waals surface area contributed by atoms with Crippen LogP contribution in [0.1, 0.15) is 31.7 Å². The largest absolute Gasteiger partial charge is 0.497 e. The molecule has 0 aromatic heterocycles. The molecule has 1 aromatic rings. The van der Waals surface area contributed by atoms with Gasteiger partial charge in [0.15, 0.2) is 0 Å². The number of benzene rings is 1. The van der Waals surface area contributed by atoms with Gasteiger partial charge in [-0.05, 0) is 55.8 Å². The van der Waals surface area contributed by atoms with Gasteiger partial charge in [0.05, 0.1) is 7.11 Å². The van der Waals surface area contributed by atoms with Crippen molar-refractivity contribution in [3.8, 4) is 5.75 Å². The summed E-state index contributed by atoms with van der Waals surface area (Å²) in [5, 5.41) is 3.68. The highest BCUT2D eigenvalue weighted by atomic mass is 16.5. The van der Waals surface area contributed by atoms with Gasteiger partial charge in [0.2, 0.25) is 0 Å². The van der Waals surface area contributed by atoms with Gasteiger partial charge in [0, 0.05) is 6.04 Å². The lowest BCUT2D eigenvalue weighted by Gasteiger charge is -2.18. The first kappa shape index (κ1) is 12.4. The Kier molecular flexibility index (Phi) is 4.43. The van der Waals surface area contributed by atoms with E-state index in [0.29, 0.717) is 6.04 Å². The molecule has 2 nitrogen and oxygen atoms in total. The van der Waals surface area contributed by atoms with Crippen molar-refractivity contribution < 1.29 is 4.74 Å². The molecule has 1 fully saturated rings. The highest BCUT2D eigenvalue weighted by molar-refractivity contribution is 5.27. The molecule has 1 atom stereocenters. The molecule has 0 amide bonds. The van der Waals surface area contributed by atoms with E-state index in [0.717, 1.165) is 24.6 Å². The smallest absolute Gasteiger partial charge is 0.118 e. The van der Waals surface area contributed by atoms with E-state index in [2.05, 4.69) is 36.5 Å². The van der Waals surface area contributed by atoms with E-state index < -0.39 is 0 Å². The Bertz CT molecular complexity index is 329. The van der Waals surface area contributed by atoms with Crippen LogP contribution in [-0.4, -0.2) is 19.7 Å². The number of ether oxygens (including phenoxy) is 1. The Hall–Kier alpha value is -1.02. The Morgan fingerprint density at radius 3 is 2.53 bits per heavy atom. The van der Waals surface area contributed by atoms with E-state index in [9.17, 15) is 0 Å². The highest BCUT2D eigenvalue weighted by Gasteiger charge is 2.30. The van der Waals surface area contributed by atoms with Gasteiger partial charge >= 0.3 is 0 Å². The molecule has 2 rings (SSSR count). The van der Waals surface area contributed by atoms with Crippen molar-refractivity contribution in [1.29, 1.82) is 0 Å². The summed E-state index contributed by atoms with van der Waals surface area (Å²) in [6.45, 7) is 3.36. The lowest BCUT2D eigenvalue weighted by molar-refractivity contribution is 0.414. The Labute approximate surface area is 104 Å². The van der Waals surface area contributed by atoms with Crippen LogP contribution in [0.15, 0.2) is 24.3 Å². The van der Waals surface area contributed by atoms with Gasteiger partial charge in [0.25, 0.3) is 0 Å². The molecule has 0 saturated heterocycles. The van der Waals surface area contributed by atoms with Crippen molar-refractivity contribution in [3.63, 3.8) is 0 Å². The standard InChI is InChI=1S/C15H23NO/c1-3-10-16-15(13-6-7-13)11-12-4-8-14(17-2)9-5-12/h4-5,8-9,13,15-16H,3,6-7,10-11H2,1-2H3. The van der Waals surface area contributed by atoms with Gasteiger partial charge in [-0.25, -0.2) is 0 Å². The number of rotatable bonds is 7. The van der Waals surface area contributed by atoms with Crippen LogP contribution in [0.4, 0.5) is 0 Å². The van der Waals surface area contributed by atoms with Crippen molar-refractivity contribution in [2.45, 2.75) is 38.6 Å². The second-order valence-electron chi connectivity index (χ2n) is 4.95. The van der Waals surface area contributed by atoms with Crippen LogP contribution < -0.4 is 10.1 Å². The van der Waals surface area contributed by atoms with Crippen molar-refractivity contribution in [2.24, 2.45) is 5.92 Å². The predicted molar refractivity (Wildman–Crippen MR) is 71.5 cm³/mol. The monoisotopic (exact) mass is 233 g/mol. The summed E-state index contributed by atoms with van der Waals surface area (Å²) < 4.78 is 5.18. The maximum absolute atomic E-state index is 5.18. The molecule has 17 heavy (non-hydrogen) atoms. The van der Waals surface area contributed by atoms with Gasteiger partial charge in [-0.3, -0.25) is 0 Å². The molecule has 1 N–H and O–H groups in total. The summed E-state index contributed by atoms with van der Waals surface area (Å²) >= 11 is 0. The van der Waals surface area contributed by atoms with Gasteiger partial charge < -0.3 is 10.1 Å². The molecule has 1 saturated carbocycles. The molecule has 0 radical (unpaired) electrons. The fourth-order valence-corrected chi connectivity index (χ4v) is 2.25. The maximum atomic E-state index is 5.18. The molecule has 1 aliphatic rings. The molecule has 0 spiro atoms. The SMILES string of the molecule is CCCNC(Cc1ccc(OC)cc1)C1CC1. The second-order valence-corrected chi connectivity index (χ2v) is 4.95. The van der Waals surface area contributed by atoms with E-state index in [1.54, 1.807) is 7.11 Å². The molecular weight excluding hydrogens is 210 g/mol. The van der Waals surface area contributed by atoms with Crippen molar-refractivity contribution in [2.75, 3.05) is 13.7 Å². The molecule has 1 unspecified atom stereocenters. The van der Waals surface area contributed by atoms with Gasteiger partial charge in [0.1, 0.15) is 5.75 Å². The summed E-state index contributed by atoms with van der Waals surface area (Å²) in [7, 11) is 1.71. The zero-order valence-electron chi connectivity index (χ0n) is 10.9. The normalized spacial score (nSPS) is 16.8. The van der Waals surface area contributed by atoms with Gasteiger partial charge in [-0.15, -0.1) is 0 Å². The zero-order valence-corrected chi connectivity index (χ0v) is 10.9. The Morgan fingerprint density at radius 2 is 2.00 bits per heavy atom. The first-order valence-corrected chi connectivity index (χ1v) is 6.69. The maximum Gasteiger partial charge on any atom is 0.118 e. The summed E-state index contributed by atoms with van der Waals surface area (Å²) in [4.78, 5) is 0. The number of methoxy groups -OCH3 is 1. The molecule has 0 heterocycles. The van der Waals surface area contributed by atoms with Crippen LogP contribution in [0, 0.1) is 5.92 Å². The third-order valence-electron chi connectivity index (χ3n) is 3.46. The fourth-order valence-electron chi connectivity index (χ4n) is 2.25. The lowest BCUT2D eigenvalue weighted by Crippen LogP contribution is -2.33. The Morgan fingerprint density at radius 1 is 1.29 bits per heavy atom. The summed E-state index contributed by atoms with van der Waals surface area (Å²) in [5.74, 6) is 1.85. The average Bonchev–Trinajstić information content (AvgIpc) is 3.19. The van der Waals surface area contributed by atoms with Crippen LogP contribution in [0.25, 0.3) is 0 Å². The predicted octanol–water partition coefficient (Wildman–Crippen LogP) is 3.02. The van der Waals surface area contributed by atoms with Gasteiger partial charge in [-0.1, -0.05) is 19.1 Å². The minimum Gasteiger partial charge on any atom is -0.497 e. The summed E-state index contributed by atoms with van der Waals surface area (Å²) in [6.07, 6.45) is 5.16. The van der Waals surface area contributed by atoms with Crippen molar-refractivity contribution in [1.82, 2.24) is 5.32 Å². The van der Waals surface area contributed by atoms with E-state index in [4.69, 9.17) is 4.74 Å². The first-order chi connectivity index (χ1) is 8.33. The van der Waals surface area contributed by atoms with Crippen LogP contribution >= 0.6 is 0 Å². The van der Waals surface area contributed by atoms with E-state index in [1.807, 2.05) is 0 Å². The van der Waals surface area contributed by atoms with Crippen LogP contribution in [-0.2, 0) is 6.42 Å². The van der Waals surface area contributed by atoms with E-state index in [1.165, 1.54) is 24.8 Å². The third kappa shape index (κ3) is 3.74. The minimum atomic E-state index is 0.670. The van der Waals surface area contributed by atoms with Crippen molar-refractivity contribution in [3.05, 3.63) is 29.8 Å². The van der Waals surface area contributed by atoms with Crippen LogP contribution in [0.5, 0.6) is 5.75 Å². The minimum absolute atomic E-state index is 0.670. The van der Waals surface area contributed by atoms with E-state index >= 15 is 0 Å². The first-order valence-electron chi connectivity index (χ1n) is 6.69. The van der Waals surface area contributed by atoms with Crippen LogP contribution in [0.2, 0.25) is 0 Å². The Balaban J connectivity index is 1.91. The number of nitrogens with one attached hydrogen (secondary N) is 1. The van der Waals surface area contributed by atoms with Crippen molar-refractivity contribution >= 4 is 0 Å². The van der Waals surface area contributed by atoms with Crippen LogP contribution in [0.3, 0.4) is 0 Å². The fraction of sp³-hybridized carbons (Fsp3) is 0.600. The quantitative estimate of drug-likeness (QED) is 0.781. The molecular formula is C15H23NO. The summed E-state index contributed by atoms with van der Waals surface area (Å²) in [5.41, 5.74) is 1.41. The topological polar surface area (TPSA) is 21.3 Å². The molecule has 1 aliphatic carbocycles. The molecule has 0 bridgehead atoms. The number of hydrogen-bond donors (Lipinski definition) is 1. The zero-order chi connectivity index (χ0) is 12.1. The molecule has 0 aliphatic heterocycles. The molecule has 2 heteroatoms. The molecule has 94 valence electrons. The highest BCUT2D eigenvalue weighted by Crippen LogP contribution is 2.34. The van der Waals surface area contributed by atoms with Gasteiger partial charge in [-0.2, -0.15) is 0 Å². The second kappa shape index (κ2) is 6.06. The lowest BCUT2D eigenvalue weighted by atomic mass is 10.0. The van der Waals surface area contributed by atoms with E-state index in [-0.39, 0.29) is 0 Å². The molecule has 1 aromatic carbocycles. The number of hydrogen-bond acceptors (Lipinski definition) is 2. The average molecular weight is 233 g/mol.